The van der Waals surface area contributed by atoms with Gasteiger partial charge in [0.2, 0.25) is 5.89 Å². The van der Waals surface area contributed by atoms with Gasteiger partial charge in [0, 0.05) is 29.1 Å². The summed E-state index contributed by atoms with van der Waals surface area (Å²) in [5.74, 6) is 1.06. The number of hydrogen-bond donors (Lipinski definition) is 1. The number of nitrogens with zero attached hydrogens (tertiary/aromatic N) is 2. The molecule has 7 heteroatoms. The number of hydrogen-bond acceptors (Lipinski definition) is 5. The summed E-state index contributed by atoms with van der Waals surface area (Å²) in [6.07, 6.45) is 1.29. The second-order valence-electron chi connectivity index (χ2n) is 5.10. The van der Waals surface area contributed by atoms with Gasteiger partial charge >= 0.3 is 0 Å². The molecule has 112 valence electrons. The first-order chi connectivity index (χ1) is 10.1. The van der Waals surface area contributed by atoms with E-state index in [1.54, 1.807) is 12.1 Å². The predicted molar refractivity (Wildman–Crippen MR) is 79.7 cm³/mol. The summed E-state index contributed by atoms with van der Waals surface area (Å²) in [4.78, 5) is 4.41. The second-order valence-corrected chi connectivity index (χ2v) is 5.94. The van der Waals surface area contributed by atoms with Gasteiger partial charge in [-0.15, -0.1) is 0 Å². The van der Waals surface area contributed by atoms with Gasteiger partial charge in [-0.3, -0.25) is 0 Å². The normalized spacial score (nSPS) is 22.4. The van der Waals surface area contributed by atoms with Crippen molar-refractivity contribution in [2.75, 3.05) is 13.2 Å². The molecule has 0 spiro atoms. The fourth-order valence-corrected chi connectivity index (χ4v) is 2.81. The highest BCUT2D eigenvalue weighted by atomic mass is 35.5. The van der Waals surface area contributed by atoms with Gasteiger partial charge in [0.15, 0.2) is 5.82 Å². The molecular formula is C14H15Cl2N3O2. The van der Waals surface area contributed by atoms with Gasteiger partial charge in [-0.05, 0) is 24.1 Å². The Hall–Kier alpha value is -1.14. The lowest BCUT2D eigenvalue weighted by Gasteiger charge is -2.25. The van der Waals surface area contributed by atoms with Crippen molar-refractivity contribution in [3.8, 4) is 0 Å². The maximum absolute atomic E-state index is 6.15. The Labute approximate surface area is 132 Å². The second kappa shape index (κ2) is 6.32. The Morgan fingerprint density at radius 3 is 2.95 bits per heavy atom. The number of ether oxygens (including phenoxy) is 1. The average Bonchev–Trinajstić information content (AvgIpc) is 2.91. The molecule has 0 amide bonds. The van der Waals surface area contributed by atoms with E-state index in [0.717, 1.165) is 12.0 Å². The molecule has 0 aliphatic carbocycles. The van der Waals surface area contributed by atoms with Crippen LogP contribution in [0.25, 0.3) is 0 Å². The van der Waals surface area contributed by atoms with Gasteiger partial charge in [-0.2, -0.15) is 4.98 Å². The quantitative estimate of drug-likeness (QED) is 0.938. The van der Waals surface area contributed by atoms with Crippen molar-refractivity contribution >= 4 is 23.2 Å². The van der Waals surface area contributed by atoms with Crippen LogP contribution in [0.3, 0.4) is 0 Å². The third kappa shape index (κ3) is 3.37. The molecule has 0 radical (unpaired) electrons. The molecule has 1 aromatic heterocycles. The highest BCUT2D eigenvalue weighted by Gasteiger charge is 2.29. The van der Waals surface area contributed by atoms with Crippen LogP contribution in [-0.4, -0.2) is 29.4 Å². The van der Waals surface area contributed by atoms with E-state index < -0.39 is 0 Å². The number of halogens is 2. The van der Waals surface area contributed by atoms with Crippen LogP contribution in [0.15, 0.2) is 22.7 Å². The minimum absolute atomic E-state index is 0.00818. The third-order valence-corrected chi connectivity index (χ3v) is 4.16. The van der Waals surface area contributed by atoms with E-state index in [1.807, 2.05) is 6.07 Å². The first-order valence-electron chi connectivity index (χ1n) is 6.73. The van der Waals surface area contributed by atoms with Crippen LogP contribution in [0.4, 0.5) is 0 Å². The van der Waals surface area contributed by atoms with Crippen LogP contribution >= 0.6 is 23.2 Å². The zero-order valence-electron chi connectivity index (χ0n) is 11.3. The summed E-state index contributed by atoms with van der Waals surface area (Å²) in [5, 5.41) is 5.19. The molecule has 2 aromatic rings. The minimum atomic E-state index is -0.0410. The van der Waals surface area contributed by atoms with Crippen molar-refractivity contribution in [3.63, 3.8) is 0 Å². The SMILES string of the molecule is NC1CCOCC1c1nc(Cc2ccc(Cl)cc2Cl)no1. The lowest BCUT2D eigenvalue weighted by Crippen LogP contribution is -2.37. The lowest BCUT2D eigenvalue weighted by atomic mass is 9.97. The van der Waals surface area contributed by atoms with Crippen molar-refractivity contribution in [2.24, 2.45) is 5.73 Å². The van der Waals surface area contributed by atoms with Crippen LogP contribution in [0.1, 0.15) is 29.6 Å². The van der Waals surface area contributed by atoms with Crippen LogP contribution in [0.2, 0.25) is 10.0 Å². The Kier molecular flexibility index (Phi) is 4.45. The fourth-order valence-electron chi connectivity index (χ4n) is 2.33. The first-order valence-corrected chi connectivity index (χ1v) is 7.49. The van der Waals surface area contributed by atoms with Gasteiger partial charge in [0.1, 0.15) is 0 Å². The molecule has 1 aliphatic rings. The van der Waals surface area contributed by atoms with Gasteiger partial charge in [0.25, 0.3) is 0 Å². The molecule has 2 unspecified atom stereocenters. The van der Waals surface area contributed by atoms with Crippen molar-refractivity contribution in [2.45, 2.75) is 24.8 Å². The fraction of sp³-hybridized carbons (Fsp3) is 0.429. The van der Waals surface area contributed by atoms with Gasteiger partial charge in [-0.25, -0.2) is 0 Å². The summed E-state index contributed by atoms with van der Waals surface area (Å²) in [6.45, 7) is 1.20. The molecule has 2 N–H and O–H groups in total. The molecule has 2 atom stereocenters. The van der Waals surface area contributed by atoms with Crippen LogP contribution in [-0.2, 0) is 11.2 Å². The molecule has 21 heavy (non-hydrogen) atoms. The maximum atomic E-state index is 6.15. The summed E-state index contributed by atoms with van der Waals surface area (Å²) < 4.78 is 10.7. The standard InChI is InChI=1S/C14H15Cl2N3O2/c15-9-2-1-8(11(16)6-9)5-13-18-14(21-19-13)10-7-20-4-3-12(10)17/h1-2,6,10,12H,3-5,7,17H2. The van der Waals surface area contributed by atoms with Gasteiger partial charge < -0.3 is 15.0 Å². The molecule has 0 saturated carbocycles. The minimum Gasteiger partial charge on any atom is -0.381 e. The van der Waals surface area contributed by atoms with Crippen molar-refractivity contribution < 1.29 is 9.26 Å². The Morgan fingerprint density at radius 1 is 1.33 bits per heavy atom. The largest absolute Gasteiger partial charge is 0.381 e. The maximum Gasteiger partial charge on any atom is 0.233 e. The zero-order chi connectivity index (χ0) is 14.8. The molecule has 1 aliphatic heterocycles. The van der Waals surface area contributed by atoms with Crippen LogP contribution < -0.4 is 5.73 Å². The van der Waals surface area contributed by atoms with Crippen molar-refractivity contribution in [1.82, 2.24) is 10.1 Å². The Morgan fingerprint density at radius 2 is 2.19 bits per heavy atom. The van der Waals surface area contributed by atoms with E-state index in [1.165, 1.54) is 0 Å². The van der Waals surface area contributed by atoms with Crippen LogP contribution in [0.5, 0.6) is 0 Å². The molecule has 5 nitrogen and oxygen atoms in total. The summed E-state index contributed by atoms with van der Waals surface area (Å²) in [5.41, 5.74) is 6.97. The van der Waals surface area contributed by atoms with E-state index in [4.69, 9.17) is 38.2 Å². The first kappa shape index (κ1) is 14.8. The monoisotopic (exact) mass is 327 g/mol. The molecule has 1 saturated heterocycles. The number of aromatic nitrogens is 2. The van der Waals surface area contributed by atoms with E-state index >= 15 is 0 Å². The van der Waals surface area contributed by atoms with Gasteiger partial charge in [-0.1, -0.05) is 34.4 Å². The topological polar surface area (TPSA) is 74.2 Å². The van der Waals surface area contributed by atoms with E-state index in [0.29, 0.717) is 41.4 Å². The molecule has 1 fully saturated rings. The van der Waals surface area contributed by atoms with Gasteiger partial charge in [0.05, 0.1) is 12.5 Å². The molecule has 0 bridgehead atoms. The highest BCUT2D eigenvalue weighted by molar-refractivity contribution is 6.35. The molecular weight excluding hydrogens is 313 g/mol. The summed E-state index contributed by atoms with van der Waals surface area (Å²) in [7, 11) is 0. The van der Waals surface area contributed by atoms with E-state index in [2.05, 4.69) is 10.1 Å². The van der Waals surface area contributed by atoms with E-state index in [-0.39, 0.29) is 12.0 Å². The predicted octanol–water partition coefficient (Wildman–Crippen LogP) is 2.80. The third-order valence-electron chi connectivity index (χ3n) is 3.57. The Bertz CT molecular complexity index is 632. The summed E-state index contributed by atoms with van der Waals surface area (Å²) >= 11 is 12.0. The lowest BCUT2D eigenvalue weighted by molar-refractivity contribution is 0.0590. The highest BCUT2D eigenvalue weighted by Crippen LogP contribution is 2.25. The smallest absolute Gasteiger partial charge is 0.233 e. The van der Waals surface area contributed by atoms with Crippen LogP contribution in [0, 0.1) is 0 Å². The molecule has 1 aromatic carbocycles. The summed E-state index contributed by atoms with van der Waals surface area (Å²) in [6, 6.07) is 5.33. The zero-order valence-corrected chi connectivity index (χ0v) is 12.8. The number of nitrogens with two attached hydrogens (primary N) is 1. The number of rotatable bonds is 3. The molecule has 2 heterocycles. The Balaban J connectivity index is 1.75. The van der Waals surface area contributed by atoms with E-state index in [9.17, 15) is 0 Å². The average molecular weight is 328 g/mol. The number of benzene rings is 1. The van der Waals surface area contributed by atoms with Crippen molar-refractivity contribution in [3.05, 3.63) is 45.5 Å². The van der Waals surface area contributed by atoms with Crippen molar-refractivity contribution in [1.29, 1.82) is 0 Å². The molecule has 3 rings (SSSR count).